The first-order chi connectivity index (χ1) is 6.86. The first-order valence-corrected chi connectivity index (χ1v) is 4.72. The minimum absolute atomic E-state index is 0.227. The summed E-state index contributed by atoms with van der Waals surface area (Å²) in [4.78, 5) is 15.3. The van der Waals surface area contributed by atoms with Gasteiger partial charge in [-0.15, -0.1) is 10.2 Å². The molecule has 2 aromatic rings. The number of carbonyl (C=O) groups excluding carboxylic acids is 1. The molecule has 1 N–H and O–H groups in total. The second-order valence-electron chi connectivity index (χ2n) is 2.44. The Balaban J connectivity index is 2.11. The summed E-state index contributed by atoms with van der Waals surface area (Å²) in [5.74, 6) is -0.227. The van der Waals surface area contributed by atoms with Gasteiger partial charge in [0, 0.05) is 12.4 Å². The summed E-state index contributed by atoms with van der Waals surface area (Å²) in [6.07, 6.45) is 3.11. The van der Waals surface area contributed by atoms with Gasteiger partial charge in [-0.25, -0.2) is 0 Å². The highest BCUT2D eigenvalue weighted by Gasteiger charge is 2.06. The molecule has 0 aliphatic rings. The normalized spacial score (nSPS) is 9.71. The van der Waals surface area contributed by atoms with Crippen LogP contribution in [0.25, 0.3) is 0 Å². The Hall–Kier alpha value is -1.82. The number of aromatic nitrogens is 3. The molecule has 1 amide bonds. The highest BCUT2D eigenvalue weighted by molar-refractivity contribution is 7.13. The number of rotatable bonds is 2. The highest BCUT2D eigenvalue weighted by atomic mass is 32.1. The van der Waals surface area contributed by atoms with E-state index >= 15 is 0 Å². The van der Waals surface area contributed by atoms with Crippen LogP contribution >= 0.6 is 11.3 Å². The maximum absolute atomic E-state index is 11.5. The molecule has 0 fully saturated rings. The molecule has 0 aliphatic carbocycles. The average Bonchev–Trinajstić information content (AvgIpc) is 2.72. The molecule has 2 aromatic heterocycles. The van der Waals surface area contributed by atoms with Gasteiger partial charge in [0.15, 0.2) is 0 Å². The van der Waals surface area contributed by atoms with Crippen LogP contribution in [-0.4, -0.2) is 21.1 Å². The van der Waals surface area contributed by atoms with Crippen molar-refractivity contribution >= 4 is 22.4 Å². The van der Waals surface area contributed by atoms with E-state index in [1.165, 1.54) is 17.5 Å². The quantitative estimate of drug-likeness (QED) is 0.799. The monoisotopic (exact) mass is 205 g/mol. The molecule has 0 saturated heterocycles. The van der Waals surface area contributed by atoms with Crippen molar-refractivity contribution in [3.63, 3.8) is 0 Å². The Morgan fingerprint density at radius 3 is 3.07 bits per heavy atom. The van der Waals surface area contributed by atoms with Crippen LogP contribution in [0, 0.1) is 0 Å². The third-order valence-corrected chi connectivity index (χ3v) is 2.11. The van der Waals surface area contributed by atoms with E-state index in [0.29, 0.717) is 10.7 Å². The van der Waals surface area contributed by atoms with E-state index in [2.05, 4.69) is 20.5 Å². The van der Waals surface area contributed by atoms with Crippen LogP contribution in [0.5, 0.6) is 0 Å². The van der Waals surface area contributed by atoms with Crippen LogP contribution in [-0.2, 0) is 0 Å². The zero-order chi connectivity index (χ0) is 9.80. The Bertz CT molecular complexity index is 414. The van der Waals surface area contributed by atoms with Crippen molar-refractivity contribution in [3.8, 4) is 0 Å². The minimum Gasteiger partial charge on any atom is -0.296 e. The maximum Gasteiger partial charge on any atom is 0.259 e. The molecule has 0 saturated carbocycles. The van der Waals surface area contributed by atoms with Gasteiger partial charge >= 0.3 is 0 Å². The number of nitrogens with one attached hydrogen (secondary N) is 1. The van der Waals surface area contributed by atoms with E-state index in [0.717, 1.165) is 0 Å². The molecule has 6 heteroatoms. The van der Waals surface area contributed by atoms with Crippen LogP contribution in [0.15, 0.2) is 30.0 Å². The molecule has 0 spiro atoms. The van der Waals surface area contributed by atoms with E-state index in [1.54, 1.807) is 23.8 Å². The van der Waals surface area contributed by atoms with E-state index < -0.39 is 0 Å². The molecule has 2 heterocycles. The van der Waals surface area contributed by atoms with Gasteiger partial charge in [-0.05, 0) is 12.1 Å². The van der Waals surface area contributed by atoms with Crippen molar-refractivity contribution < 1.29 is 4.79 Å². The van der Waals surface area contributed by atoms with E-state index in [1.807, 2.05) is 0 Å². The molecule has 2 rings (SSSR count). The number of nitrogens with zero attached hydrogens (tertiary/aromatic N) is 3. The molecule has 0 aliphatic heterocycles. The van der Waals surface area contributed by atoms with E-state index in [9.17, 15) is 4.79 Å². The average molecular weight is 205 g/mol. The van der Waals surface area contributed by atoms with Crippen molar-refractivity contribution in [2.75, 3.05) is 5.32 Å². The fraction of sp³-hybridized carbons (Fsp3) is 0. The number of pyridine rings is 1. The topological polar surface area (TPSA) is 67.8 Å². The summed E-state index contributed by atoms with van der Waals surface area (Å²) < 4.78 is 0. The summed E-state index contributed by atoms with van der Waals surface area (Å²) in [5.41, 5.74) is 2.06. The predicted molar refractivity (Wildman–Crippen MR) is 52.1 cm³/mol. The van der Waals surface area contributed by atoms with Crippen molar-refractivity contribution in [1.82, 2.24) is 15.2 Å². The summed E-state index contributed by atoms with van der Waals surface area (Å²) in [6, 6.07) is 3.39. The SMILES string of the molecule is O=[11C](Nc1nncs1)c1cccnc1. The van der Waals surface area contributed by atoms with Crippen LogP contribution in [0.4, 0.5) is 5.13 Å². The van der Waals surface area contributed by atoms with Crippen LogP contribution in [0.1, 0.15) is 10.4 Å². The Morgan fingerprint density at radius 2 is 2.43 bits per heavy atom. The number of amides is 1. The Morgan fingerprint density at radius 1 is 1.50 bits per heavy atom. The van der Waals surface area contributed by atoms with Gasteiger partial charge in [0.25, 0.3) is 5.91 Å². The summed E-state index contributed by atoms with van der Waals surface area (Å²) in [6.45, 7) is 0. The number of hydrogen-bond acceptors (Lipinski definition) is 5. The zero-order valence-corrected chi connectivity index (χ0v) is 7.86. The van der Waals surface area contributed by atoms with Crippen LogP contribution < -0.4 is 5.32 Å². The van der Waals surface area contributed by atoms with E-state index in [4.69, 9.17) is 0 Å². The molecule has 5 nitrogen and oxygen atoms in total. The number of anilines is 1. The maximum atomic E-state index is 11.5. The van der Waals surface area contributed by atoms with Crippen molar-refractivity contribution in [3.05, 3.63) is 35.6 Å². The number of hydrogen-bond donors (Lipinski definition) is 1. The molecule has 70 valence electrons. The van der Waals surface area contributed by atoms with Gasteiger partial charge in [0.2, 0.25) is 5.13 Å². The van der Waals surface area contributed by atoms with Crippen molar-refractivity contribution in [1.29, 1.82) is 0 Å². The van der Waals surface area contributed by atoms with Gasteiger partial charge in [-0.3, -0.25) is 15.1 Å². The van der Waals surface area contributed by atoms with Crippen LogP contribution in [0.3, 0.4) is 0 Å². The van der Waals surface area contributed by atoms with E-state index in [-0.39, 0.29) is 5.91 Å². The lowest BCUT2D eigenvalue weighted by atomic mass is 9.91. The van der Waals surface area contributed by atoms with Crippen molar-refractivity contribution in [2.45, 2.75) is 0 Å². The standard InChI is InChI=1S/C8H6N4OS/c13-7(6-2-1-3-9-4-6)11-8-12-10-5-14-8/h1-5H,(H,11,12,13)/i7-1. The molecule has 0 unspecified atom stereocenters. The van der Waals surface area contributed by atoms with Gasteiger partial charge < -0.3 is 0 Å². The smallest absolute Gasteiger partial charge is 0.259 e. The summed E-state index contributed by atoms with van der Waals surface area (Å²) in [5, 5.41) is 10.4. The predicted octanol–water partition coefficient (Wildman–Crippen LogP) is 1.19. The second-order valence-corrected chi connectivity index (χ2v) is 3.27. The summed E-state index contributed by atoms with van der Waals surface area (Å²) in [7, 11) is 0. The minimum atomic E-state index is -0.227. The highest BCUT2D eigenvalue weighted by Crippen LogP contribution is 2.09. The lowest BCUT2D eigenvalue weighted by Crippen LogP contribution is -2.11. The second kappa shape index (κ2) is 3.93. The van der Waals surface area contributed by atoms with Gasteiger partial charge in [0.05, 0.1) is 5.56 Å². The molecule has 0 bridgehead atoms. The third kappa shape index (κ3) is 1.91. The lowest BCUT2D eigenvalue weighted by molar-refractivity contribution is 0.102. The van der Waals surface area contributed by atoms with Gasteiger partial charge in [0.1, 0.15) is 5.51 Å². The first kappa shape index (κ1) is 8.76. The first-order valence-electron chi connectivity index (χ1n) is 3.84. The molecule has 0 radical (unpaired) electrons. The molecular formula is C8H6N4OS. The molecule has 0 atom stereocenters. The zero-order valence-electron chi connectivity index (χ0n) is 7.04. The van der Waals surface area contributed by atoms with Crippen molar-refractivity contribution in [2.24, 2.45) is 0 Å². The fourth-order valence-corrected chi connectivity index (χ4v) is 1.33. The molecule has 0 aromatic carbocycles. The number of carbonyl (C=O) groups is 1. The largest absolute Gasteiger partial charge is 0.296 e. The fourth-order valence-electron chi connectivity index (χ4n) is 0.894. The lowest BCUT2D eigenvalue weighted by Gasteiger charge is -1.98. The Kier molecular flexibility index (Phi) is 2.46. The van der Waals surface area contributed by atoms with Crippen LogP contribution in [0.2, 0.25) is 0 Å². The summed E-state index contributed by atoms with van der Waals surface area (Å²) >= 11 is 1.27. The Labute approximate surface area is 83.8 Å². The van der Waals surface area contributed by atoms with Gasteiger partial charge in [-0.1, -0.05) is 11.3 Å². The van der Waals surface area contributed by atoms with Gasteiger partial charge in [-0.2, -0.15) is 0 Å². The molecular weight excluding hydrogens is 199 g/mol. The third-order valence-electron chi connectivity index (χ3n) is 1.50. The molecule has 14 heavy (non-hydrogen) atoms.